The molecule has 1 aromatic rings. The standard InChI is InChI=1S/C19H19NO4/c1-6-13-8-7-9-14(10-13)17-15(18(21)23-4)11(2)20-12(3)16(17)19(22)24-5/h1,7-10,17,20H,2-5H3. The van der Waals surface area contributed by atoms with E-state index in [1.54, 1.807) is 32.0 Å². The zero-order chi connectivity index (χ0) is 17.9. The molecule has 0 unspecified atom stereocenters. The van der Waals surface area contributed by atoms with Crippen LogP contribution in [0.25, 0.3) is 0 Å². The summed E-state index contributed by atoms with van der Waals surface area (Å²) in [6.07, 6.45) is 5.47. The minimum absolute atomic E-state index is 0.359. The van der Waals surface area contributed by atoms with Gasteiger partial charge in [0.25, 0.3) is 0 Å². The molecule has 5 heteroatoms. The van der Waals surface area contributed by atoms with Crippen LogP contribution in [0.1, 0.15) is 30.9 Å². The molecule has 1 heterocycles. The molecule has 0 saturated heterocycles. The second-order valence-corrected chi connectivity index (χ2v) is 5.39. The zero-order valence-corrected chi connectivity index (χ0v) is 14.1. The largest absolute Gasteiger partial charge is 0.466 e. The minimum atomic E-state index is -0.612. The molecule has 0 aromatic heterocycles. The topological polar surface area (TPSA) is 64.6 Å². The Morgan fingerprint density at radius 3 is 2.08 bits per heavy atom. The Morgan fingerprint density at radius 1 is 1.08 bits per heavy atom. The van der Waals surface area contributed by atoms with E-state index in [0.717, 1.165) is 5.56 Å². The number of allylic oxidation sites excluding steroid dienone is 2. The lowest BCUT2D eigenvalue weighted by atomic mass is 9.80. The van der Waals surface area contributed by atoms with Crippen molar-refractivity contribution >= 4 is 11.9 Å². The van der Waals surface area contributed by atoms with Crippen LogP contribution in [-0.4, -0.2) is 26.2 Å². The van der Waals surface area contributed by atoms with Crippen molar-refractivity contribution in [3.63, 3.8) is 0 Å². The van der Waals surface area contributed by atoms with Gasteiger partial charge in [-0.3, -0.25) is 0 Å². The molecule has 0 saturated carbocycles. The summed E-state index contributed by atoms with van der Waals surface area (Å²) in [5, 5.41) is 3.06. The Balaban J connectivity index is 2.72. The van der Waals surface area contributed by atoms with Crippen molar-refractivity contribution in [3.05, 3.63) is 57.9 Å². The van der Waals surface area contributed by atoms with Gasteiger partial charge in [0.05, 0.1) is 31.3 Å². The molecule has 0 aliphatic carbocycles. The van der Waals surface area contributed by atoms with Crippen molar-refractivity contribution < 1.29 is 19.1 Å². The van der Waals surface area contributed by atoms with Crippen molar-refractivity contribution in [2.45, 2.75) is 19.8 Å². The molecule has 0 amide bonds. The molecular weight excluding hydrogens is 306 g/mol. The van der Waals surface area contributed by atoms with E-state index in [0.29, 0.717) is 28.1 Å². The fourth-order valence-electron chi connectivity index (χ4n) is 2.90. The van der Waals surface area contributed by atoms with Crippen LogP contribution in [0.15, 0.2) is 46.8 Å². The fourth-order valence-corrected chi connectivity index (χ4v) is 2.90. The summed E-state index contributed by atoms with van der Waals surface area (Å²) in [4.78, 5) is 24.7. The summed E-state index contributed by atoms with van der Waals surface area (Å²) in [6, 6.07) is 7.18. The second kappa shape index (κ2) is 7.05. The number of hydrogen-bond acceptors (Lipinski definition) is 5. The maximum absolute atomic E-state index is 12.3. The van der Waals surface area contributed by atoms with Crippen LogP contribution in [0.3, 0.4) is 0 Å². The van der Waals surface area contributed by atoms with Gasteiger partial charge in [-0.25, -0.2) is 9.59 Å². The number of carbonyl (C=O) groups excluding carboxylic acids is 2. The fraction of sp³-hybridized carbons (Fsp3) is 0.263. The van der Waals surface area contributed by atoms with Gasteiger partial charge in [-0.05, 0) is 31.5 Å². The highest BCUT2D eigenvalue weighted by molar-refractivity contribution is 5.99. The zero-order valence-electron chi connectivity index (χ0n) is 14.1. The molecule has 0 radical (unpaired) electrons. The molecule has 0 fully saturated rings. The summed E-state index contributed by atoms with van der Waals surface area (Å²) >= 11 is 0. The first-order chi connectivity index (χ1) is 11.4. The highest BCUT2D eigenvalue weighted by Crippen LogP contribution is 2.39. The predicted octanol–water partition coefficient (Wildman–Crippen LogP) is 2.25. The smallest absolute Gasteiger partial charge is 0.336 e. The van der Waals surface area contributed by atoms with Gasteiger partial charge in [0, 0.05) is 17.0 Å². The van der Waals surface area contributed by atoms with E-state index in [1.807, 2.05) is 6.07 Å². The molecule has 0 spiro atoms. The maximum atomic E-state index is 12.3. The first-order valence-electron chi connectivity index (χ1n) is 7.36. The number of terminal acetylenes is 1. The molecule has 1 N–H and O–H groups in total. The van der Waals surface area contributed by atoms with Crippen LogP contribution >= 0.6 is 0 Å². The summed E-state index contributed by atoms with van der Waals surface area (Å²) in [7, 11) is 2.61. The first-order valence-corrected chi connectivity index (χ1v) is 7.36. The van der Waals surface area contributed by atoms with Gasteiger partial charge in [0.2, 0.25) is 0 Å². The van der Waals surface area contributed by atoms with Crippen molar-refractivity contribution in [1.82, 2.24) is 5.32 Å². The normalized spacial score (nSPS) is 14.8. The Morgan fingerprint density at radius 2 is 1.62 bits per heavy atom. The number of benzene rings is 1. The molecule has 2 rings (SSSR count). The molecule has 5 nitrogen and oxygen atoms in total. The second-order valence-electron chi connectivity index (χ2n) is 5.39. The Kier molecular flexibility index (Phi) is 5.10. The molecule has 1 aliphatic heterocycles. The summed E-state index contributed by atoms with van der Waals surface area (Å²) in [5.41, 5.74) is 3.36. The maximum Gasteiger partial charge on any atom is 0.336 e. The average Bonchev–Trinajstić information content (AvgIpc) is 2.59. The Hall–Kier alpha value is -3.00. The van der Waals surface area contributed by atoms with Crippen LogP contribution in [-0.2, 0) is 19.1 Å². The molecular formula is C19H19NO4. The third-order valence-corrected chi connectivity index (χ3v) is 3.96. The van der Waals surface area contributed by atoms with Gasteiger partial charge in [-0.2, -0.15) is 0 Å². The van der Waals surface area contributed by atoms with E-state index in [9.17, 15) is 9.59 Å². The van der Waals surface area contributed by atoms with Crippen molar-refractivity contribution in [1.29, 1.82) is 0 Å². The molecule has 0 bridgehead atoms. The van der Waals surface area contributed by atoms with E-state index in [-0.39, 0.29) is 0 Å². The number of rotatable bonds is 3. The van der Waals surface area contributed by atoms with E-state index < -0.39 is 17.9 Å². The lowest BCUT2D eigenvalue weighted by Gasteiger charge is -2.30. The lowest BCUT2D eigenvalue weighted by molar-refractivity contribution is -0.137. The van der Waals surface area contributed by atoms with Gasteiger partial charge in [0.15, 0.2) is 0 Å². The molecule has 0 atom stereocenters. The van der Waals surface area contributed by atoms with E-state index in [1.165, 1.54) is 14.2 Å². The minimum Gasteiger partial charge on any atom is -0.466 e. The monoisotopic (exact) mass is 325 g/mol. The van der Waals surface area contributed by atoms with Crippen LogP contribution in [0.4, 0.5) is 0 Å². The highest BCUT2D eigenvalue weighted by atomic mass is 16.5. The lowest BCUT2D eigenvalue weighted by Crippen LogP contribution is -2.32. The van der Waals surface area contributed by atoms with Gasteiger partial charge in [0.1, 0.15) is 0 Å². The number of esters is 2. The molecule has 124 valence electrons. The van der Waals surface area contributed by atoms with E-state index in [2.05, 4.69) is 11.2 Å². The van der Waals surface area contributed by atoms with Crippen LogP contribution in [0.5, 0.6) is 0 Å². The van der Waals surface area contributed by atoms with Crippen molar-refractivity contribution in [2.24, 2.45) is 0 Å². The number of hydrogen-bond donors (Lipinski definition) is 1. The molecule has 1 aliphatic rings. The van der Waals surface area contributed by atoms with Gasteiger partial charge in [-0.1, -0.05) is 18.1 Å². The number of dihydropyridines is 1. The first kappa shape index (κ1) is 17.4. The number of nitrogens with one attached hydrogen (secondary N) is 1. The SMILES string of the molecule is C#Cc1cccc(C2C(C(=O)OC)=C(C)NC(C)=C2C(=O)OC)c1. The third-order valence-electron chi connectivity index (χ3n) is 3.96. The number of methoxy groups -OCH3 is 2. The van der Waals surface area contributed by atoms with E-state index >= 15 is 0 Å². The summed E-state index contributed by atoms with van der Waals surface area (Å²) in [6.45, 7) is 3.53. The Bertz CT molecular complexity index is 758. The van der Waals surface area contributed by atoms with Gasteiger partial charge in [-0.15, -0.1) is 6.42 Å². The van der Waals surface area contributed by atoms with Crippen molar-refractivity contribution in [2.75, 3.05) is 14.2 Å². The van der Waals surface area contributed by atoms with Gasteiger partial charge >= 0.3 is 11.9 Å². The van der Waals surface area contributed by atoms with Crippen LogP contribution in [0, 0.1) is 12.3 Å². The van der Waals surface area contributed by atoms with Crippen molar-refractivity contribution in [3.8, 4) is 12.3 Å². The van der Waals surface area contributed by atoms with E-state index in [4.69, 9.17) is 15.9 Å². The quantitative estimate of drug-likeness (QED) is 0.682. The number of ether oxygens (including phenoxy) is 2. The van der Waals surface area contributed by atoms with Crippen LogP contribution < -0.4 is 5.32 Å². The average molecular weight is 325 g/mol. The number of carbonyl (C=O) groups is 2. The predicted molar refractivity (Wildman–Crippen MR) is 89.7 cm³/mol. The Labute approximate surface area is 141 Å². The highest BCUT2D eigenvalue weighted by Gasteiger charge is 2.37. The summed E-state index contributed by atoms with van der Waals surface area (Å²) in [5.74, 6) is 0.935. The van der Waals surface area contributed by atoms with Crippen LogP contribution in [0.2, 0.25) is 0 Å². The summed E-state index contributed by atoms with van der Waals surface area (Å²) < 4.78 is 9.83. The molecule has 1 aromatic carbocycles. The molecule has 24 heavy (non-hydrogen) atoms. The van der Waals surface area contributed by atoms with Gasteiger partial charge < -0.3 is 14.8 Å². The third kappa shape index (κ3) is 3.04.